The van der Waals surface area contributed by atoms with E-state index in [0.717, 1.165) is 26.1 Å². The molecule has 0 N–H and O–H groups in total. The van der Waals surface area contributed by atoms with Gasteiger partial charge in [0.05, 0.1) is 0 Å². The zero-order chi connectivity index (χ0) is 17.2. The van der Waals surface area contributed by atoms with Crippen LogP contribution in [0, 0.1) is 0 Å². The van der Waals surface area contributed by atoms with Gasteiger partial charge in [0, 0.05) is 13.2 Å². The molecule has 0 saturated heterocycles. The Kier molecular flexibility index (Phi) is 4.71. The van der Waals surface area contributed by atoms with Crippen molar-refractivity contribution in [3.63, 3.8) is 0 Å². The fraction of sp³-hybridized carbons (Fsp3) is 0.273. The lowest BCUT2D eigenvalue weighted by Gasteiger charge is -2.20. The molecule has 4 aromatic carbocycles. The predicted octanol–water partition coefficient (Wildman–Crippen LogP) is 4.86. The highest BCUT2D eigenvalue weighted by Gasteiger charge is 2.21. The van der Waals surface area contributed by atoms with Crippen molar-refractivity contribution in [3.05, 3.63) is 54.6 Å². The highest BCUT2D eigenvalue weighted by atomic mass is 28.3. The molecule has 0 unspecified atom stereocenters. The van der Waals surface area contributed by atoms with Crippen LogP contribution in [0.3, 0.4) is 0 Å². The first-order chi connectivity index (χ1) is 12.3. The number of hydrogen-bond acceptors (Lipinski definition) is 2. The Morgan fingerprint density at radius 1 is 0.680 bits per heavy atom. The molecule has 25 heavy (non-hydrogen) atoms. The average molecular weight is 349 g/mol. The van der Waals surface area contributed by atoms with Crippen molar-refractivity contribution in [2.45, 2.75) is 26.7 Å². The Balaban J connectivity index is 1.94. The van der Waals surface area contributed by atoms with Gasteiger partial charge in [-0.25, -0.2) is 0 Å². The minimum atomic E-state index is -1.89. The molecule has 128 valence electrons. The molecule has 3 heteroatoms. The standard InChI is InChI=1S/C22H24O2Si/c1-3-14-23-25(24-15-4-2)20-13-11-18-9-8-16-6-5-7-17-10-12-19(20)22(18)21(16)17/h5-13,25H,3-4,14-15H2,1-2H3. The van der Waals surface area contributed by atoms with Crippen LogP contribution in [0.5, 0.6) is 0 Å². The van der Waals surface area contributed by atoms with Crippen molar-refractivity contribution >= 4 is 46.8 Å². The summed E-state index contributed by atoms with van der Waals surface area (Å²) in [6.45, 7) is 5.83. The lowest BCUT2D eigenvalue weighted by Crippen LogP contribution is -2.38. The Morgan fingerprint density at radius 3 is 1.88 bits per heavy atom. The summed E-state index contributed by atoms with van der Waals surface area (Å²) in [5.74, 6) is 0. The van der Waals surface area contributed by atoms with Gasteiger partial charge in [0.25, 0.3) is 0 Å². The van der Waals surface area contributed by atoms with Gasteiger partial charge in [-0.1, -0.05) is 68.4 Å². The van der Waals surface area contributed by atoms with Crippen molar-refractivity contribution < 1.29 is 8.85 Å². The third kappa shape index (κ3) is 2.93. The van der Waals surface area contributed by atoms with Crippen LogP contribution in [-0.4, -0.2) is 22.5 Å². The Morgan fingerprint density at radius 2 is 1.24 bits per heavy atom. The molecule has 4 aromatic rings. The highest BCUT2D eigenvalue weighted by Crippen LogP contribution is 2.33. The first-order valence-corrected chi connectivity index (χ1v) is 10.7. The molecule has 0 radical (unpaired) electrons. The molecular formula is C22H24O2Si. The Labute approximate surface area is 150 Å². The fourth-order valence-corrected chi connectivity index (χ4v) is 5.74. The second-order valence-corrected chi connectivity index (χ2v) is 8.54. The van der Waals surface area contributed by atoms with E-state index in [9.17, 15) is 0 Å². The zero-order valence-electron chi connectivity index (χ0n) is 14.9. The van der Waals surface area contributed by atoms with E-state index in [2.05, 4.69) is 68.4 Å². The minimum absolute atomic E-state index is 0.766. The third-order valence-electron chi connectivity index (χ3n) is 4.76. The fourth-order valence-electron chi connectivity index (χ4n) is 3.64. The monoisotopic (exact) mass is 348 g/mol. The molecule has 0 aliphatic rings. The molecule has 0 heterocycles. The summed E-state index contributed by atoms with van der Waals surface area (Å²) < 4.78 is 12.4. The number of rotatable bonds is 7. The highest BCUT2D eigenvalue weighted by molar-refractivity contribution is 6.65. The second-order valence-electron chi connectivity index (χ2n) is 6.58. The van der Waals surface area contributed by atoms with Gasteiger partial charge in [0.1, 0.15) is 0 Å². The van der Waals surface area contributed by atoms with Gasteiger partial charge in [-0.15, -0.1) is 0 Å². The Hall–Kier alpha value is -1.94. The lowest BCUT2D eigenvalue weighted by molar-refractivity contribution is 0.208. The zero-order valence-corrected chi connectivity index (χ0v) is 16.1. The summed E-state index contributed by atoms with van der Waals surface area (Å²) in [5, 5.41) is 9.17. The van der Waals surface area contributed by atoms with E-state index in [1.54, 1.807) is 0 Å². The third-order valence-corrected chi connectivity index (χ3v) is 6.85. The van der Waals surface area contributed by atoms with E-state index in [4.69, 9.17) is 8.85 Å². The molecule has 0 bridgehead atoms. The van der Waals surface area contributed by atoms with Gasteiger partial charge in [0.15, 0.2) is 0 Å². The van der Waals surface area contributed by atoms with E-state index in [1.807, 2.05) is 0 Å². The SMILES string of the molecule is CCCO[SiH](OCCC)c1ccc2ccc3cccc4ccc1c2c34. The summed E-state index contributed by atoms with van der Waals surface area (Å²) in [5.41, 5.74) is 0. The van der Waals surface area contributed by atoms with E-state index < -0.39 is 9.28 Å². The summed E-state index contributed by atoms with van der Waals surface area (Å²) in [6, 6.07) is 19.9. The summed E-state index contributed by atoms with van der Waals surface area (Å²) in [6.07, 6.45) is 2.04. The molecule has 2 nitrogen and oxygen atoms in total. The van der Waals surface area contributed by atoms with E-state index in [0.29, 0.717) is 0 Å². The van der Waals surface area contributed by atoms with E-state index >= 15 is 0 Å². The smallest absolute Gasteiger partial charge is 0.356 e. The van der Waals surface area contributed by atoms with Crippen molar-refractivity contribution in [2.75, 3.05) is 13.2 Å². The molecular weight excluding hydrogens is 324 g/mol. The van der Waals surface area contributed by atoms with Crippen molar-refractivity contribution in [3.8, 4) is 0 Å². The second kappa shape index (κ2) is 7.12. The van der Waals surface area contributed by atoms with Crippen molar-refractivity contribution in [1.82, 2.24) is 0 Å². The molecule has 0 spiro atoms. The maximum atomic E-state index is 6.19. The number of benzene rings is 4. The van der Waals surface area contributed by atoms with Crippen LogP contribution in [0.4, 0.5) is 0 Å². The van der Waals surface area contributed by atoms with Crippen LogP contribution < -0.4 is 5.19 Å². The first-order valence-electron chi connectivity index (χ1n) is 9.23. The summed E-state index contributed by atoms with van der Waals surface area (Å²) in [4.78, 5) is 0. The van der Waals surface area contributed by atoms with Crippen LogP contribution >= 0.6 is 0 Å². The molecule has 0 saturated carbocycles. The molecule has 0 aliphatic heterocycles. The van der Waals surface area contributed by atoms with Crippen LogP contribution in [0.25, 0.3) is 32.3 Å². The summed E-state index contributed by atoms with van der Waals surface area (Å²) in [7, 11) is -1.89. The maximum absolute atomic E-state index is 6.19. The van der Waals surface area contributed by atoms with Crippen molar-refractivity contribution in [1.29, 1.82) is 0 Å². The average Bonchev–Trinajstić information content (AvgIpc) is 2.66. The van der Waals surface area contributed by atoms with Crippen LogP contribution in [0.2, 0.25) is 0 Å². The van der Waals surface area contributed by atoms with Gasteiger partial charge >= 0.3 is 9.28 Å². The van der Waals surface area contributed by atoms with Crippen LogP contribution in [-0.2, 0) is 8.85 Å². The molecule has 0 fully saturated rings. The molecule has 0 aromatic heterocycles. The Bertz CT molecular complexity index is 971. The van der Waals surface area contributed by atoms with Gasteiger partial charge in [-0.2, -0.15) is 0 Å². The van der Waals surface area contributed by atoms with Crippen molar-refractivity contribution in [2.24, 2.45) is 0 Å². The van der Waals surface area contributed by atoms with Gasteiger partial charge in [-0.3, -0.25) is 0 Å². The predicted molar refractivity (Wildman–Crippen MR) is 109 cm³/mol. The molecule has 0 amide bonds. The maximum Gasteiger partial charge on any atom is 0.356 e. The summed E-state index contributed by atoms with van der Waals surface area (Å²) >= 11 is 0. The topological polar surface area (TPSA) is 18.5 Å². The van der Waals surface area contributed by atoms with E-state index in [1.165, 1.54) is 37.5 Å². The number of hydrogen-bond donors (Lipinski definition) is 0. The van der Waals surface area contributed by atoms with Crippen LogP contribution in [0.1, 0.15) is 26.7 Å². The van der Waals surface area contributed by atoms with Gasteiger partial charge < -0.3 is 8.85 Å². The van der Waals surface area contributed by atoms with E-state index in [-0.39, 0.29) is 0 Å². The van der Waals surface area contributed by atoms with Gasteiger partial charge in [0.2, 0.25) is 0 Å². The quantitative estimate of drug-likeness (QED) is 0.351. The minimum Gasteiger partial charge on any atom is -0.393 e. The largest absolute Gasteiger partial charge is 0.393 e. The van der Waals surface area contributed by atoms with Crippen LogP contribution in [0.15, 0.2) is 54.6 Å². The molecule has 0 atom stereocenters. The van der Waals surface area contributed by atoms with Gasteiger partial charge in [-0.05, 0) is 50.3 Å². The molecule has 4 rings (SSSR count). The lowest BCUT2D eigenvalue weighted by atomic mass is 9.94. The normalized spacial score (nSPS) is 12.1. The molecule has 0 aliphatic carbocycles. The first kappa shape index (κ1) is 16.5.